The average Bonchev–Trinajstić information content (AvgIpc) is 3.38. The number of fused-ring (bicyclic) bond motifs is 3. The van der Waals surface area contributed by atoms with Crippen LogP contribution in [0.2, 0.25) is 0 Å². The van der Waals surface area contributed by atoms with Crippen molar-refractivity contribution in [3.63, 3.8) is 0 Å². The lowest BCUT2D eigenvalue weighted by atomic mass is 9.85. The highest BCUT2D eigenvalue weighted by atomic mass is 16.5. The molecule has 0 radical (unpaired) electrons. The van der Waals surface area contributed by atoms with Gasteiger partial charge in [-0.05, 0) is 34.5 Å². The Bertz CT molecular complexity index is 1590. The van der Waals surface area contributed by atoms with E-state index in [0.717, 1.165) is 27.2 Å². The van der Waals surface area contributed by atoms with Crippen molar-refractivity contribution in [3.8, 4) is 0 Å². The van der Waals surface area contributed by atoms with E-state index in [1.54, 1.807) is 0 Å². The van der Waals surface area contributed by atoms with Crippen LogP contribution in [0, 0.1) is 0 Å². The number of methoxy groups -OCH3 is 1. The van der Waals surface area contributed by atoms with Crippen LogP contribution in [0.25, 0.3) is 21.7 Å². The number of hydrogen-bond donors (Lipinski definition) is 1. The molecule has 5 heteroatoms. The van der Waals surface area contributed by atoms with E-state index in [1.165, 1.54) is 7.11 Å². The van der Waals surface area contributed by atoms with Crippen molar-refractivity contribution < 1.29 is 14.3 Å². The first kappa shape index (κ1) is 20.2. The van der Waals surface area contributed by atoms with Gasteiger partial charge in [0.1, 0.15) is 0 Å². The van der Waals surface area contributed by atoms with Crippen molar-refractivity contribution in [2.45, 2.75) is 12.1 Å². The van der Waals surface area contributed by atoms with Crippen LogP contribution in [0.4, 0.5) is 5.69 Å². The number of benzene rings is 4. The van der Waals surface area contributed by atoms with Gasteiger partial charge in [0, 0.05) is 40.5 Å². The zero-order valence-corrected chi connectivity index (χ0v) is 18.6. The Labute approximate surface area is 196 Å². The standard InChI is InChI=1S/C29H22N2O3/c1-34-28(33)29(27(32)23-15-20-11-5-6-12-21(20)16-25(23)30-29)24-18-31(17-19-9-3-2-4-10-19)26-14-8-7-13-22(24)26/h2-16,18,30H,17H2,1H3. The van der Waals surface area contributed by atoms with Gasteiger partial charge in [0.25, 0.3) is 0 Å². The van der Waals surface area contributed by atoms with E-state index in [0.29, 0.717) is 23.4 Å². The Balaban J connectivity index is 1.57. The van der Waals surface area contributed by atoms with Gasteiger partial charge in [-0.25, -0.2) is 4.79 Å². The fraction of sp³-hybridized carbons (Fsp3) is 0.103. The number of aromatic nitrogens is 1. The third-order valence-electron chi connectivity index (χ3n) is 6.67. The summed E-state index contributed by atoms with van der Waals surface area (Å²) in [5, 5.41) is 6.07. The highest BCUT2D eigenvalue weighted by molar-refractivity contribution is 6.27. The molecule has 0 bridgehead atoms. The molecule has 166 valence electrons. The highest BCUT2D eigenvalue weighted by Gasteiger charge is 2.55. The molecule has 1 aliphatic heterocycles. The lowest BCUT2D eigenvalue weighted by Crippen LogP contribution is -2.47. The molecule has 1 atom stereocenters. The molecule has 0 spiro atoms. The molecular formula is C29H22N2O3. The molecule has 0 fully saturated rings. The van der Waals surface area contributed by atoms with Gasteiger partial charge in [-0.3, -0.25) is 4.79 Å². The summed E-state index contributed by atoms with van der Waals surface area (Å²) in [6.07, 6.45) is 1.91. The Morgan fingerprint density at radius 3 is 2.35 bits per heavy atom. The maximum absolute atomic E-state index is 14.0. The second kappa shape index (κ2) is 7.59. The monoisotopic (exact) mass is 446 g/mol. The van der Waals surface area contributed by atoms with E-state index in [1.807, 2.05) is 85.1 Å². The quantitative estimate of drug-likeness (QED) is 0.292. The molecule has 4 aromatic carbocycles. The molecule has 1 aromatic heterocycles. The smallest absolute Gasteiger partial charge is 0.344 e. The van der Waals surface area contributed by atoms with Crippen LogP contribution in [-0.2, 0) is 21.6 Å². The van der Waals surface area contributed by atoms with Crippen molar-refractivity contribution in [3.05, 3.63) is 114 Å². The molecule has 1 aliphatic rings. The number of ether oxygens (including phenoxy) is 1. The lowest BCUT2D eigenvalue weighted by molar-refractivity contribution is -0.144. The zero-order chi connectivity index (χ0) is 23.3. The van der Waals surface area contributed by atoms with Gasteiger partial charge in [-0.15, -0.1) is 0 Å². The predicted molar refractivity (Wildman–Crippen MR) is 133 cm³/mol. The molecule has 0 amide bonds. The lowest BCUT2D eigenvalue weighted by Gasteiger charge is -2.25. The number of anilines is 1. The summed E-state index contributed by atoms with van der Waals surface area (Å²) >= 11 is 0. The van der Waals surface area contributed by atoms with Crippen LogP contribution in [-0.4, -0.2) is 23.4 Å². The predicted octanol–water partition coefficient (Wildman–Crippen LogP) is 5.52. The fourth-order valence-corrected chi connectivity index (χ4v) is 5.05. The van der Waals surface area contributed by atoms with Crippen LogP contribution < -0.4 is 5.32 Å². The van der Waals surface area contributed by atoms with Crippen molar-refractivity contribution in [1.29, 1.82) is 0 Å². The average molecular weight is 447 g/mol. The fourth-order valence-electron chi connectivity index (χ4n) is 5.05. The molecule has 5 aromatic rings. The van der Waals surface area contributed by atoms with Crippen molar-refractivity contribution in [1.82, 2.24) is 4.57 Å². The van der Waals surface area contributed by atoms with E-state index in [4.69, 9.17) is 4.74 Å². The molecule has 5 nitrogen and oxygen atoms in total. The third-order valence-corrected chi connectivity index (χ3v) is 6.67. The molecule has 0 saturated carbocycles. The van der Waals surface area contributed by atoms with Gasteiger partial charge >= 0.3 is 5.97 Å². The molecule has 6 rings (SSSR count). The normalized spacial score (nSPS) is 17.0. The van der Waals surface area contributed by atoms with E-state index in [-0.39, 0.29) is 5.78 Å². The van der Waals surface area contributed by atoms with Gasteiger partial charge in [-0.1, -0.05) is 72.8 Å². The maximum atomic E-state index is 14.0. The van der Waals surface area contributed by atoms with Crippen LogP contribution in [0.15, 0.2) is 97.2 Å². The number of para-hydroxylation sites is 1. The minimum Gasteiger partial charge on any atom is -0.467 e. The first-order chi connectivity index (χ1) is 16.6. The summed E-state index contributed by atoms with van der Waals surface area (Å²) in [5.41, 5.74) is 2.13. The molecule has 0 aliphatic carbocycles. The van der Waals surface area contributed by atoms with Crippen molar-refractivity contribution in [2.75, 3.05) is 12.4 Å². The van der Waals surface area contributed by atoms with Gasteiger partial charge in [0.2, 0.25) is 11.3 Å². The second-order valence-electron chi connectivity index (χ2n) is 8.61. The Morgan fingerprint density at radius 2 is 1.59 bits per heavy atom. The summed E-state index contributed by atoms with van der Waals surface area (Å²) < 4.78 is 7.32. The molecular weight excluding hydrogens is 424 g/mol. The Hall–Kier alpha value is -4.38. The highest BCUT2D eigenvalue weighted by Crippen LogP contribution is 2.44. The summed E-state index contributed by atoms with van der Waals surface area (Å²) in [5.74, 6) is -0.928. The SMILES string of the molecule is COC(=O)C1(c2cn(Cc3ccccc3)c3ccccc23)Nc2cc3ccccc3cc2C1=O. The number of ketones is 1. The van der Waals surface area contributed by atoms with Crippen molar-refractivity contribution >= 4 is 39.1 Å². The van der Waals surface area contributed by atoms with Crippen molar-refractivity contribution in [2.24, 2.45) is 0 Å². The molecule has 2 heterocycles. The number of hydrogen-bond acceptors (Lipinski definition) is 4. The number of rotatable bonds is 4. The van der Waals surface area contributed by atoms with Crippen LogP contribution >= 0.6 is 0 Å². The summed E-state index contributed by atoms with van der Waals surface area (Å²) in [6.45, 7) is 0.615. The third kappa shape index (κ3) is 2.87. The van der Waals surface area contributed by atoms with Crippen LogP contribution in [0.5, 0.6) is 0 Å². The van der Waals surface area contributed by atoms with E-state index in [2.05, 4.69) is 22.0 Å². The minimum absolute atomic E-state index is 0.303. The van der Waals surface area contributed by atoms with Gasteiger partial charge in [-0.2, -0.15) is 0 Å². The number of nitrogens with zero attached hydrogens (tertiary/aromatic N) is 1. The summed E-state index contributed by atoms with van der Waals surface area (Å²) in [7, 11) is 1.32. The van der Waals surface area contributed by atoms with Gasteiger partial charge < -0.3 is 14.6 Å². The minimum atomic E-state index is -1.66. The first-order valence-corrected chi connectivity index (χ1v) is 11.2. The Kier molecular flexibility index (Phi) is 4.52. The topological polar surface area (TPSA) is 60.3 Å². The number of carbonyl (C=O) groups is 2. The van der Waals surface area contributed by atoms with Crippen LogP contribution in [0.3, 0.4) is 0 Å². The maximum Gasteiger partial charge on any atom is 0.344 e. The number of nitrogens with one attached hydrogen (secondary N) is 1. The van der Waals surface area contributed by atoms with E-state index >= 15 is 0 Å². The van der Waals surface area contributed by atoms with Gasteiger partial charge in [0.15, 0.2) is 0 Å². The van der Waals surface area contributed by atoms with E-state index in [9.17, 15) is 9.59 Å². The number of esters is 1. The summed E-state index contributed by atoms with van der Waals surface area (Å²) in [6, 6.07) is 29.6. The number of Topliss-reactive ketones (excluding diaryl/α,β-unsaturated/α-hetero) is 1. The molecule has 1 N–H and O–H groups in total. The molecule has 1 unspecified atom stereocenters. The first-order valence-electron chi connectivity index (χ1n) is 11.2. The Morgan fingerprint density at radius 1 is 0.912 bits per heavy atom. The summed E-state index contributed by atoms with van der Waals surface area (Å²) in [4.78, 5) is 27.4. The zero-order valence-electron chi connectivity index (χ0n) is 18.6. The number of carbonyl (C=O) groups excluding carboxylic acids is 2. The van der Waals surface area contributed by atoms with Gasteiger partial charge in [0.05, 0.1) is 7.11 Å². The largest absolute Gasteiger partial charge is 0.467 e. The molecule has 34 heavy (non-hydrogen) atoms. The van der Waals surface area contributed by atoms with Crippen LogP contribution in [0.1, 0.15) is 21.5 Å². The molecule has 0 saturated heterocycles. The second-order valence-corrected chi connectivity index (χ2v) is 8.61. The van der Waals surface area contributed by atoms with E-state index < -0.39 is 11.5 Å².